The van der Waals surface area contributed by atoms with Gasteiger partial charge in [0.25, 0.3) is 18.0 Å². The second kappa shape index (κ2) is 41.6. The first-order valence-corrected chi connectivity index (χ1v) is 42.0. The third kappa shape index (κ3) is 25.3. The molecular formula is C91H100BClF3N5O19S2. The third-order valence-corrected chi connectivity index (χ3v) is 23.2. The van der Waals surface area contributed by atoms with Gasteiger partial charge in [-0.25, -0.2) is 8.93 Å². The average molecular weight is 1740 g/mol. The lowest BCUT2D eigenvalue weighted by Gasteiger charge is -2.32. The van der Waals surface area contributed by atoms with Crippen molar-refractivity contribution in [2.24, 2.45) is 5.73 Å². The van der Waals surface area contributed by atoms with Crippen LogP contribution in [-0.4, -0.2) is 114 Å². The summed E-state index contributed by atoms with van der Waals surface area (Å²) >= 11 is 5.81. The molecule has 122 heavy (non-hydrogen) atoms. The average Bonchev–Trinajstić information content (AvgIpc) is 1.61. The van der Waals surface area contributed by atoms with E-state index in [0.717, 1.165) is 39.2 Å². The number of esters is 2. The Balaban J connectivity index is 0.000000177. The number of benzene rings is 6. The fourth-order valence-corrected chi connectivity index (χ4v) is 14.5. The van der Waals surface area contributed by atoms with Gasteiger partial charge < -0.3 is 71.3 Å². The van der Waals surface area contributed by atoms with Gasteiger partial charge in [0.15, 0.2) is 0 Å². The van der Waals surface area contributed by atoms with Crippen molar-refractivity contribution >= 4 is 96.8 Å². The number of methoxy groups -OCH3 is 3. The molecule has 6 aromatic heterocycles. The van der Waals surface area contributed by atoms with E-state index in [1.807, 2.05) is 112 Å². The number of ether oxygens (including phenoxy) is 8. The van der Waals surface area contributed by atoms with Crippen molar-refractivity contribution in [3.63, 3.8) is 0 Å². The van der Waals surface area contributed by atoms with Gasteiger partial charge in [0.1, 0.15) is 71.1 Å². The molecular weight excluding hydrogens is 1630 g/mol. The van der Waals surface area contributed by atoms with Gasteiger partial charge in [0.05, 0.1) is 98.7 Å². The Hall–Kier alpha value is -11.1. The lowest BCUT2D eigenvalue weighted by Crippen LogP contribution is -2.41. The van der Waals surface area contributed by atoms with Crippen molar-refractivity contribution in [2.75, 3.05) is 40.3 Å². The summed E-state index contributed by atoms with van der Waals surface area (Å²) in [5, 5.41) is 11.6. The fourth-order valence-electron chi connectivity index (χ4n) is 12.6. The van der Waals surface area contributed by atoms with Crippen LogP contribution in [0.5, 0.6) is 34.5 Å². The van der Waals surface area contributed by atoms with E-state index >= 15 is 0 Å². The number of hydrogen-bond acceptors (Lipinski definition) is 22. The summed E-state index contributed by atoms with van der Waals surface area (Å²) in [5.41, 5.74) is 15.7. The second-order valence-electron chi connectivity index (χ2n) is 31.1. The quantitative estimate of drug-likeness (QED) is 0.0278. The van der Waals surface area contributed by atoms with Crippen molar-refractivity contribution in [3.05, 3.63) is 238 Å². The molecule has 0 unspecified atom stereocenters. The van der Waals surface area contributed by atoms with E-state index in [4.69, 9.17) is 77.8 Å². The number of hydrogen-bond donors (Lipinski definition) is 3. The van der Waals surface area contributed by atoms with Crippen molar-refractivity contribution in [1.82, 2.24) is 19.7 Å². The summed E-state index contributed by atoms with van der Waals surface area (Å²) < 4.78 is 141. The van der Waals surface area contributed by atoms with Crippen molar-refractivity contribution in [2.45, 2.75) is 162 Å². The van der Waals surface area contributed by atoms with Crippen LogP contribution in [0.25, 0.3) is 55.2 Å². The van der Waals surface area contributed by atoms with E-state index in [0.29, 0.717) is 143 Å². The Morgan fingerprint density at radius 3 is 1.35 bits per heavy atom. The molecule has 0 bridgehead atoms. The Labute approximate surface area is 716 Å². The van der Waals surface area contributed by atoms with Gasteiger partial charge in [-0.05, 0) is 196 Å². The van der Waals surface area contributed by atoms with Gasteiger partial charge in [0, 0.05) is 149 Å². The molecule has 1 fully saturated rings. The molecule has 1 aliphatic heterocycles. The molecule has 4 N–H and O–H groups in total. The third-order valence-electron chi connectivity index (χ3n) is 19.5. The number of pyridine rings is 3. The van der Waals surface area contributed by atoms with Crippen LogP contribution in [0.4, 0.5) is 13.2 Å². The van der Waals surface area contributed by atoms with Gasteiger partial charge in [0.2, 0.25) is 0 Å². The molecule has 0 radical (unpaired) electrons. The smallest absolute Gasteiger partial charge is 0.497 e. The zero-order chi connectivity index (χ0) is 88.4. The van der Waals surface area contributed by atoms with Crippen molar-refractivity contribution in [1.29, 1.82) is 0 Å². The molecule has 24 nitrogen and oxygen atoms in total. The molecule has 0 saturated carbocycles. The van der Waals surface area contributed by atoms with Crippen LogP contribution in [0.3, 0.4) is 0 Å². The maximum Gasteiger partial charge on any atom is 0.498 e. The molecule has 6 aromatic carbocycles. The van der Waals surface area contributed by atoms with E-state index < -0.39 is 64.1 Å². The number of carbonyl (C=O) groups excluding carboxylic acids is 2. The van der Waals surface area contributed by atoms with E-state index in [1.54, 1.807) is 132 Å². The molecule has 0 spiro atoms. The number of aromatic nitrogens is 3. The number of furan rings is 3. The zero-order valence-electron chi connectivity index (χ0n) is 70.7. The minimum absolute atomic E-state index is 0.0597. The molecule has 0 aliphatic carbocycles. The Bertz CT molecular complexity index is 5710. The summed E-state index contributed by atoms with van der Waals surface area (Å²) in [5.74, 6) is 1.95. The number of carboxylic acids is 1. The highest BCUT2D eigenvalue weighted by Gasteiger charge is 2.52. The first kappa shape index (κ1) is 93.2. The van der Waals surface area contributed by atoms with E-state index in [1.165, 1.54) is 25.3 Å². The zero-order valence-corrected chi connectivity index (χ0v) is 73.1. The Morgan fingerprint density at radius 1 is 0.525 bits per heavy atom. The topological polar surface area (TPSA) is 314 Å². The van der Waals surface area contributed by atoms with Gasteiger partial charge in [-0.2, -0.15) is 13.2 Å². The van der Waals surface area contributed by atoms with Gasteiger partial charge in [-0.15, -0.1) is 0 Å². The maximum absolute atomic E-state index is 14.2. The Kier molecular flexibility index (Phi) is 31.8. The number of carboxylic acid groups (broad SMARTS) is 1. The number of fused-ring (bicyclic) bond motifs is 3. The van der Waals surface area contributed by atoms with Crippen LogP contribution in [-0.2, 0) is 114 Å². The number of nitrogens with one attached hydrogen (secondary N) is 1. The van der Waals surface area contributed by atoms with Crippen LogP contribution in [0.1, 0.15) is 134 Å². The predicted molar refractivity (Wildman–Crippen MR) is 463 cm³/mol. The molecule has 7 heterocycles. The molecule has 12 aromatic rings. The van der Waals surface area contributed by atoms with Crippen LogP contribution in [0.2, 0.25) is 5.02 Å². The first-order valence-electron chi connectivity index (χ1n) is 39.1. The molecule has 13 rings (SSSR count). The summed E-state index contributed by atoms with van der Waals surface area (Å²) in [4.78, 5) is 48.2. The summed E-state index contributed by atoms with van der Waals surface area (Å²) in [7, 11) is 1.82. The number of aryl methyl sites for hydroxylation is 1. The predicted octanol–water partition coefficient (Wildman–Crippen LogP) is 17.6. The lowest BCUT2D eigenvalue weighted by molar-refractivity contribution is -0.143. The van der Waals surface area contributed by atoms with Crippen LogP contribution in [0.15, 0.2) is 177 Å². The number of halogens is 4. The second-order valence-corrected chi connectivity index (χ2v) is 36.0. The number of nitrogens with two attached hydrogens (primary N) is 1. The van der Waals surface area contributed by atoms with Crippen LogP contribution in [0, 0.1) is 18.0 Å². The molecule has 31 heteroatoms. The van der Waals surface area contributed by atoms with E-state index in [2.05, 4.69) is 19.7 Å². The first-order chi connectivity index (χ1) is 57.9. The summed E-state index contributed by atoms with van der Waals surface area (Å²) in [6.07, 6.45) is 5.46. The normalized spacial score (nSPS) is 13.4. The lowest BCUT2D eigenvalue weighted by atomic mass is 9.77. The van der Waals surface area contributed by atoms with Crippen LogP contribution >= 0.6 is 11.6 Å². The minimum Gasteiger partial charge on any atom is -0.497 e. The Morgan fingerprint density at radius 2 is 0.934 bits per heavy atom. The molecule has 2 atom stereocenters. The monoisotopic (exact) mass is 1730 g/mol. The fraction of sp³-hybridized carbons (Fsp3) is 0.341. The summed E-state index contributed by atoms with van der Waals surface area (Å²) in [6.45, 7) is 24.7. The number of nitrogens with zero attached hydrogens (tertiary/aromatic N) is 3. The highest BCUT2D eigenvalue weighted by molar-refractivity contribution is 7.86. The highest BCUT2D eigenvalue weighted by atomic mass is 35.5. The summed E-state index contributed by atoms with van der Waals surface area (Å²) in [6, 6.07) is 39.2. The van der Waals surface area contributed by atoms with E-state index in [-0.39, 0.29) is 67.1 Å². The van der Waals surface area contributed by atoms with Crippen molar-refractivity contribution in [3.8, 4) is 56.8 Å². The number of carbonyl (C=O) groups is 3. The maximum atomic E-state index is 14.2. The highest BCUT2D eigenvalue weighted by Crippen LogP contribution is 2.40. The van der Waals surface area contributed by atoms with Gasteiger partial charge >= 0.3 is 25.0 Å². The van der Waals surface area contributed by atoms with Gasteiger partial charge in [-0.3, -0.25) is 33.5 Å². The SMILES string of the molecule is CC(C)(C)[S@](=O)NCc1cc(Cl)ccn1.CCOC(=O)Cc1ccc(OC)cc1OCc1cc(-c2ccnc(CC[S@@](=O)C(C)(C)C)c2)c2oc(F)cc2c1.CCOC(=O)Cc1ccc(OC)cc1OCc1cc(B2OC(C)(C)C(C)(C)O2)c2oc(F)cc2c1.COc1ccc(CC(=O)O)c(OCc2cc(-c3ccnc(CN)c3)c3oc(F)cc3c2)c1. The molecule has 1 saturated heterocycles. The standard InChI is InChI=1S/C31H34FNO6S.C26H30BFO7.C24H21FN2O5.C10H15ClN2OS/c1-6-37-29(34)17-22-7-8-25(36-5)18-27(22)38-19-20-13-23-16-28(32)39-30(23)26(14-20)21-9-11-33-24(15-21)10-12-40(35)31(2,3)4;1-7-31-23(29)13-17-8-9-19(30-6)14-21(17)32-15-16-10-18-12-22(28)33-24(18)20(11-16)27-34-25(2,3)26(4,5)35-27;1-30-19-3-2-16(10-23(28)29)21(11-19)31-13-14-6-17-9-22(25)32-24(17)20(7-14)15-4-5-27-18(8-15)12-26;1-10(2,3)15(14)13-7-9-6-8(11)4-5-12-9/h7-9,11,13-16,18H,6,10,12,17,19H2,1-5H3;8-12,14H,7,13,15H2,1-6H3;2-9,11H,10,12-13,26H2,1H3,(H,28,29);4-6,13H,7H2,1-3H3/t40-;;;15-/m1..0/s1. The molecule has 646 valence electrons. The molecule has 1 aliphatic rings. The largest absolute Gasteiger partial charge is 0.498 e. The minimum atomic E-state index is -1.08. The number of rotatable bonds is 30. The van der Waals surface area contributed by atoms with Crippen LogP contribution < -0.4 is 44.3 Å². The number of aliphatic carboxylic acids is 1. The van der Waals surface area contributed by atoms with Gasteiger partial charge in [-0.1, -0.05) is 35.9 Å². The van der Waals surface area contributed by atoms with Crippen molar-refractivity contribution < 1.29 is 102 Å². The molecule has 0 amide bonds. The van der Waals surface area contributed by atoms with E-state index in [9.17, 15) is 41.1 Å².